The van der Waals surface area contributed by atoms with Crippen LogP contribution in [0.25, 0.3) is 0 Å². The first-order valence-corrected chi connectivity index (χ1v) is 16.0. The van der Waals surface area contributed by atoms with E-state index in [1.54, 1.807) is 7.11 Å². The first-order valence-electron chi connectivity index (χ1n) is 15.3. The van der Waals surface area contributed by atoms with Crippen LogP contribution in [0.2, 0.25) is 10.2 Å². The monoisotopic (exact) mass is 655 g/mol. The van der Waals surface area contributed by atoms with Crippen LogP contribution in [-0.4, -0.2) is 82.0 Å². The summed E-state index contributed by atoms with van der Waals surface area (Å²) < 4.78 is 11.4. The minimum atomic E-state index is -1.37. The molecule has 11 nitrogen and oxygen atoms in total. The smallest absolute Gasteiger partial charge is 0.268 e. The molecule has 13 heteroatoms. The molecule has 3 aromatic rings. The molecule has 0 saturated carbocycles. The van der Waals surface area contributed by atoms with Crippen molar-refractivity contribution in [3.05, 3.63) is 80.6 Å². The predicted octanol–water partition coefficient (Wildman–Crippen LogP) is 4.18. The van der Waals surface area contributed by atoms with Crippen molar-refractivity contribution >= 4 is 35.0 Å². The number of benzene rings is 1. The van der Waals surface area contributed by atoms with Crippen molar-refractivity contribution in [2.75, 3.05) is 33.9 Å². The molecule has 0 aliphatic carbocycles. The highest BCUT2D eigenvalue weighted by atomic mass is 35.5. The molecule has 2 fully saturated rings. The van der Waals surface area contributed by atoms with Gasteiger partial charge < -0.3 is 30.0 Å². The molecule has 1 aromatic carbocycles. The lowest BCUT2D eigenvalue weighted by Gasteiger charge is -2.34. The number of amides is 2. The van der Waals surface area contributed by atoms with Gasteiger partial charge in [0.05, 0.1) is 36.1 Å². The van der Waals surface area contributed by atoms with Gasteiger partial charge in [0, 0.05) is 44.4 Å². The quantitative estimate of drug-likeness (QED) is 0.314. The average molecular weight is 657 g/mol. The van der Waals surface area contributed by atoms with E-state index < -0.39 is 23.6 Å². The number of aromatic nitrogens is 3. The number of aromatic amines is 1. The van der Waals surface area contributed by atoms with E-state index >= 15 is 0 Å². The summed E-state index contributed by atoms with van der Waals surface area (Å²) in [5.74, 6) is -0.377. The van der Waals surface area contributed by atoms with Gasteiger partial charge in [-0.3, -0.25) is 14.5 Å². The van der Waals surface area contributed by atoms with E-state index in [4.69, 9.17) is 37.7 Å². The van der Waals surface area contributed by atoms with Gasteiger partial charge in [0.2, 0.25) is 5.91 Å². The number of nitrogens with zero attached hydrogens (tertiary/aromatic N) is 4. The number of hydrogen-bond acceptors (Lipinski definition) is 8. The molecule has 45 heavy (non-hydrogen) atoms. The zero-order valence-electron chi connectivity index (χ0n) is 25.7. The van der Waals surface area contributed by atoms with Gasteiger partial charge in [-0.05, 0) is 57.1 Å². The maximum atomic E-state index is 14.1. The number of piperidine rings is 1. The van der Waals surface area contributed by atoms with Crippen molar-refractivity contribution in [1.29, 1.82) is 0 Å². The summed E-state index contributed by atoms with van der Waals surface area (Å²) in [7, 11) is 3.82. The van der Waals surface area contributed by atoms with Crippen molar-refractivity contribution in [2.24, 2.45) is 0 Å². The maximum Gasteiger partial charge on any atom is 0.268 e. The van der Waals surface area contributed by atoms with Crippen LogP contribution < -0.4 is 10.6 Å². The summed E-state index contributed by atoms with van der Waals surface area (Å²) in [5.41, 5.74) is 2.83. The summed E-state index contributed by atoms with van der Waals surface area (Å²) in [6.07, 6.45) is 3.98. The largest absolute Gasteiger partial charge is 0.380 e. The molecule has 3 aliphatic rings. The Morgan fingerprint density at radius 2 is 1.96 bits per heavy atom. The molecule has 2 amide bonds. The summed E-state index contributed by atoms with van der Waals surface area (Å²) in [5, 5.41) is 6.36. The standard InChI is InChI=1S/C32H39Cl2N7O4/c1-19(29-35-14-22-15-41(16-26(22)38-29)23-8-10-40(2)11-9-23)36-31(43)32(39-30(42)25-12-24(33)28(34)37-25)13-27(45-18-32)21-6-4-20(5-7-21)17-44-3/h4-7,12,14,19,23,27,37H,8-11,13,15-18H2,1-3H3,(H,36,43)(H,39,42)/t19-,27-,32+/m0/s1. The highest BCUT2D eigenvalue weighted by Crippen LogP contribution is 2.37. The number of methoxy groups -OCH3 is 1. The van der Waals surface area contributed by atoms with Crippen molar-refractivity contribution in [3.63, 3.8) is 0 Å². The van der Waals surface area contributed by atoms with Crippen LogP contribution in [0, 0.1) is 0 Å². The molecule has 240 valence electrons. The lowest BCUT2D eigenvalue weighted by Crippen LogP contribution is -2.59. The summed E-state index contributed by atoms with van der Waals surface area (Å²) >= 11 is 12.1. The van der Waals surface area contributed by atoms with E-state index in [9.17, 15) is 9.59 Å². The molecule has 0 radical (unpaired) electrons. The number of nitrogens with one attached hydrogen (secondary N) is 3. The average Bonchev–Trinajstić information content (AvgIpc) is 3.75. The zero-order chi connectivity index (χ0) is 31.7. The third kappa shape index (κ3) is 6.89. The Balaban J connectivity index is 1.18. The Labute approximate surface area is 273 Å². The van der Waals surface area contributed by atoms with Gasteiger partial charge in [0.1, 0.15) is 16.4 Å². The Morgan fingerprint density at radius 3 is 2.64 bits per heavy atom. The van der Waals surface area contributed by atoms with Crippen LogP contribution in [0.3, 0.4) is 0 Å². The molecule has 5 heterocycles. The molecule has 0 unspecified atom stereocenters. The van der Waals surface area contributed by atoms with Crippen LogP contribution >= 0.6 is 23.2 Å². The lowest BCUT2D eigenvalue weighted by atomic mass is 9.91. The van der Waals surface area contributed by atoms with E-state index in [0.29, 0.717) is 18.5 Å². The Bertz CT molecular complexity index is 1520. The van der Waals surface area contributed by atoms with E-state index in [0.717, 1.165) is 61.4 Å². The normalized spacial score (nSPS) is 23.2. The number of carbonyl (C=O) groups is 2. The van der Waals surface area contributed by atoms with Crippen LogP contribution in [-0.2, 0) is 34.0 Å². The molecule has 3 atom stereocenters. The molecule has 3 N–H and O–H groups in total. The van der Waals surface area contributed by atoms with Gasteiger partial charge in [-0.1, -0.05) is 47.5 Å². The number of ether oxygens (including phenoxy) is 2. The zero-order valence-corrected chi connectivity index (χ0v) is 27.2. The van der Waals surface area contributed by atoms with E-state index in [1.165, 1.54) is 6.07 Å². The fraction of sp³-hybridized carbons (Fsp3) is 0.500. The van der Waals surface area contributed by atoms with E-state index in [1.807, 2.05) is 37.4 Å². The van der Waals surface area contributed by atoms with E-state index in [2.05, 4.69) is 37.4 Å². The number of halogens is 2. The van der Waals surface area contributed by atoms with E-state index in [-0.39, 0.29) is 34.8 Å². The van der Waals surface area contributed by atoms with Crippen LogP contribution in [0.4, 0.5) is 0 Å². The lowest BCUT2D eigenvalue weighted by molar-refractivity contribution is -0.128. The second-order valence-corrected chi connectivity index (χ2v) is 13.2. The fourth-order valence-corrected chi connectivity index (χ4v) is 6.73. The van der Waals surface area contributed by atoms with Crippen LogP contribution in [0.5, 0.6) is 0 Å². The second kappa shape index (κ2) is 13.4. The third-order valence-corrected chi connectivity index (χ3v) is 9.82. The Kier molecular flexibility index (Phi) is 9.47. The number of H-pyrrole nitrogens is 1. The van der Waals surface area contributed by atoms with Crippen LogP contribution in [0.1, 0.15) is 77.0 Å². The highest BCUT2D eigenvalue weighted by molar-refractivity contribution is 6.41. The predicted molar refractivity (Wildman–Crippen MR) is 170 cm³/mol. The summed E-state index contributed by atoms with van der Waals surface area (Å²) in [4.78, 5) is 44.6. The molecule has 6 rings (SSSR count). The van der Waals surface area contributed by atoms with Gasteiger partial charge in [-0.2, -0.15) is 0 Å². The summed E-state index contributed by atoms with van der Waals surface area (Å²) in [6, 6.07) is 9.30. The Hall–Kier alpha value is -3.06. The van der Waals surface area contributed by atoms with Crippen molar-refractivity contribution in [3.8, 4) is 0 Å². The summed E-state index contributed by atoms with van der Waals surface area (Å²) in [6.45, 7) is 6.14. The Morgan fingerprint density at radius 1 is 1.20 bits per heavy atom. The van der Waals surface area contributed by atoms with Crippen LogP contribution in [0.15, 0.2) is 36.5 Å². The molecular formula is C32H39Cl2N7O4. The van der Waals surface area contributed by atoms with Gasteiger partial charge in [-0.25, -0.2) is 9.97 Å². The fourth-order valence-electron chi connectivity index (χ4n) is 6.42. The van der Waals surface area contributed by atoms with Gasteiger partial charge in [0.25, 0.3) is 5.91 Å². The van der Waals surface area contributed by atoms with Crippen molar-refractivity contribution in [1.82, 2.24) is 35.4 Å². The number of rotatable bonds is 9. The minimum absolute atomic E-state index is 0.0272. The molecule has 0 bridgehead atoms. The van der Waals surface area contributed by atoms with Gasteiger partial charge >= 0.3 is 0 Å². The molecule has 0 spiro atoms. The first-order chi connectivity index (χ1) is 21.6. The highest BCUT2D eigenvalue weighted by Gasteiger charge is 2.49. The van der Waals surface area contributed by atoms with Crippen molar-refractivity contribution in [2.45, 2.75) is 69.6 Å². The van der Waals surface area contributed by atoms with Gasteiger partial charge in [-0.15, -0.1) is 0 Å². The second-order valence-electron chi connectivity index (χ2n) is 12.4. The third-order valence-electron chi connectivity index (χ3n) is 9.12. The van der Waals surface area contributed by atoms with Crippen molar-refractivity contribution < 1.29 is 19.1 Å². The molecule has 3 aliphatic heterocycles. The minimum Gasteiger partial charge on any atom is -0.380 e. The maximum absolute atomic E-state index is 14.1. The molecular weight excluding hydrogens is 617 g/mol. The molecule has 2 saturated heterocycles. The number of hydrogen-bond donors (Lipinski definition) is 3. The first kappa shape index (κ1) is 31.9. The number of carbonyl (C=O) groups excluding carboxylic acids is 2. The van der Waals surface area contributed by atoms with Gasteiger partial charge in [0.15, 0.2) is 5.82 Å². The molecule has 2 aromatic heterocycles. The topological polar surface area (TPSA) is 125 Å². The number of fused-ring (bicyclic) bond motifs is 1. The SMILES string of the molecule is COCc1ccc([C@@H]2C[C@](NC(=O)c3cc(Cl)c(Cl)[nH]3)(C(=O)N[C@@H](C)c3ncc4c(n3)CN(C3CCN(C)CC3)C4)CO2)cc1. The number of likely N-dealkylation sites (tertiary alicyclic amines) is 1.